The molecule has 0 aromatic heterocycles. The third kappa shape index (κ3) is 3.58. The zero-order valence-corrected chi connectivity index (χ0v) is 10.8. The van der Waals surface area contributed by atoms with Crippen LogP contribution < -0.4 is 16.2 Å². The van der Waals surface area contributed by atoms with Crippen LogP contribution in [-0.2, 0) is 0 Å². The van der Waals surface area contributed by atoms with Gasteiger partial charge in [-0.3, -0.25) is 10.9 Å². The molecule has 0 unspecified atom stereocenters. The molecule has 2 aromatic rings. The van der Waals surface area contributed by atoms with Crippen LogP contribution in [0.3, 0.4) is 0 Å². The Labute approximate surface area is 118 Å². The van der Waals surface area contributed by atoms with E-state index in [1.54, 1.807) is 24.3 Å². The normalized spacial score (nSPS) is 9.95. The lowest BCUT2D eigenvalue weighted by Crippen LogP contribution is -2.33. The summed E-state index contributed by atoms with van der Waals surface area (Å²) in [4.78, 5) is 11.5. The minimum atomic E-state index is -0.863. The van der Waals surface area contributed by atoms with Crippen LogP contribution in [0.15, 0.2) is 42.5 Å². The molecule has 0 saturated heterocycles. The predicted molar refractivity (Wildman–Crippen MR) is 73.6 cm³/mol. The smallest absolute Gasteiger partial charge is 0.304 e. The molecule has 0 fully saturated rings. The number of hydrazine groups is 1. The minimum absolute atomic E-state index is 0.134. The van der Waals surface area contributed by atoms with E-state index in [-0.39, 0.29) is 5.69 Å². The van der Waals surface area contributed by atoms with E-state index in [2.05, 4.69) is 16.2 Å². The predicted octanol–water partition coefficient (Wildman–Crippen LogP) is 3.77. The first-order chi connectivity index (χ1) is 9.56. The molecule has 0 aliphatic rings. The highest BCUT2D eigenvalue weighted by Gasteiger charge is 2.07. The summed E-state index contributed by atoms with van der Waals surface area (Å²) in [5, 5.41) is 2.65. The lowest BCUT2D eigenvalue weighted by Gasteiger charge is -2.11. The van der Waals surface area contributed by atoms with Gasteiger partial charge in [0.05, 0.1) is 16.4 Å². The van der Waals surface area contributed by atoms with Gasteiger partial charge < -0.3 is 5.32 Å². The van der Waals surface area contributed by atoms with Gasteiger partial charge in [0.1, 0.15) is 11.6 Å². The molecule has 3 N–H and O–H groups in total. The fraction of sp³-hybridized carbons (Fsp3) is 0. The van der Waals surface area contributed by atoms with Crippen LogP contribution in [0.1, 0.15) is 0 Å². The van der Waals surface area contributed by atoms with Gasteiger partial charge in [-0.05, 0) is 24.3 Å². The number of halogens is 3. The first-order valence-corrected chi connectivity index (χ1v) is 5.96. The molecule has 0 aliphatic heterocycles. The minimum Gasteiger partial charge on any atom is -0.304 e. The highest BCUT2D eigenvalue weighted by Crippen LogP contribution is 2.19. The molecule has 0 radical (unpaired) electrons. The number of carbonyl (C=O) groups is 1. The van der Waals surface area contributed by atoms with Crippen molar-refractivity contribution < 1.29 is 13.6 Å². The highest BCUT2D eigenvalue weighted by molar-refractivity contribution is 6.33. The number of urea groups is 1. The Hall–Kier alpha value is -2.34. The largest absolute Gasteiger partial charge is 0.337 e. The van der Waals surface area contributed by atoms with Crippen molar-refractivity contribution in [2.75, 3.05) is 10.7 Å². The van der Waals surface area contributed by atoms with Crippen molar-refractivity contribution in [3.8, 4) is 0 Å². The van der Waals surface area contributed by atoms with E-state index in [9.17, 15) is 13.6 Å². The number of benzene rings is 2. The van der Waals surface area contributed by atoms with Crippen LogP contribution in [0.4, 0.5) is 25.0 Å². The number of hydrogen-bond donors (Lipinski definition) is 3. The van der Waals surface area contributed by atoms with E-state index >= 15 is 0 Å². The first-order valence-electron chi connectivity index (χ1n) is 5.59. The molecule has 0 atom stereocenters. The van der Waals surface area contributed by atoms with Crippen molar-refractivity contribution >= 4 is 29.0 Å². The summed E-state index contributed by atoms with van der Waals surface area (Å²) in [7, 11) is 0. The second-order valence-corrected chi connectivity index (χ2v) is 4.22. The summed E-state index contributed by atoms with van der Waals surface area (Å²) < 4.78 is 26.0. The molecule has 2 amide bonds. The number of hydrogen-bond acceptors (Lipinski definition) is 2. The molecular formula is C13H10ClF2N3O. The van der Waals surface area contributed by atoms with E-state index in [1.165, 1.54) is 0 Å². The fourth-order valence-corrected chi connectivity index (χ4v) is 1.61. The number of rotatable bonds is 3. The molecule has 4 nitrogen and oxygen atoms in total. The van der Waals surface area contributed by atoms with Gasteiger partial charge >= 0.3 is 6.03 Å². The third-order valence-electron chi connectivity index (χ3n) is 2.36. The third-order valence-corrected chi connectivity index (χ3v) is 2.69. The van der Waals surface area contributed by atoms with Crippen LogP contribution in [0, 0.1) is 11.6 Å². The van der Waals surface area contributed by atoms with Gasteiger partial charge in [-0.15, -0.1) is 0 Å². The van der Waals surface area contributed by atoms with Crippen molar-refractivity contribution in [2.24, 2.45) is 0 Å². The van der Waals surface area contributed by atoms with Gasteiger partial charge in [-0.1, -0.05) is 23.7 Å². The number of para-hydroxylation sites is 1. The van der Waals surface area contributed by atoms with Gasteiger partial charge in [0, 0.05) is 6.07 Å². The SMILES string of the molecule is O=C(NNc1ccccc1Cl)Nc1ccc(F)cc1F. The van der Waals surface area contributed by atoms with Gasteiger partial charge in [0.15, 0.2) is 0 Å². The summed E-state index contributed by atoms with van der Waals surface area (Å²) in [5.74, 6) is -1.58. The Morgan fingerprint density at radius 1 is 1.05 bits per heavy atom. The highest BCUT2D eigenvalue weighted by atomic mass is 35.5. The summed E-state index contributed by atoms with van der Waals surface area (Å²) in [5.41, 5.74) is 5.21. The maximum atomic E-state index is 13.3. The summed E-state index contributed by atoms with van der Waals surface area (Å²) in [6, 6.07) is 8.89. The number of amides is 2. The number of anilines is 2. The molecule has 2 aromatic carbocycles. The van der Waals surface area contributed by atoms with Gasteiger partial charge in [0.25, 0.3) is 0 Å². The number of carbonyl (C=O) groups excluding carboxylic acids is 1. The topological polar surface area (TPSA) is 53.2 Å². The molecule has 20 heavy (non-hydrogen) atoms. The van der Waals surface area contributed by atoms with E-state index in [0.29, 0.717) is 16.8 Å². The Kier molecular flexibility index (Phi) is 4.37. The molecule has 7 heteroatoms. The molecule has 0 aliphatic carbocycles. The second-order valence-electron chi connectivity index (χ2n) is 3.81. The Balaban J connectivity index is 1.94. The van der Waals surface area contributed by atoms with Crippen LogP contribution in [-0.4, -0.2) is 6.03 Å². The van der Waals surface area contributed by atoms with Crippen LogP contribution in [0.25, 0.3) is 0 Å². The van der Waals surface area contributed by atoms with E-state index in [1.807, 2.05) is 0 Å². The molecule has 0 spiro atoms. The van der Waals surface area contributed by atoms with Crippen molar-refractivity contribution in [1.82, 2.24) is 5.43 Å². The maximum Gasteiger partial charge on any atom is 0.337 e. The van der Waals surface area contributed by atoms with Crippen molar-refractivity contribution in [3.63, 3.8) is 0 Å². The summed E-state index contributed by atoms with van der Waals surface area (Å²) in [6.07, 6.45) is 0. The summed E-state index contributed by atoms with van der Waals surface area (Å²) in [6.45, 7) is 0. The first kappa shape index (κ1) is 14.1. The van der Waals surface area contributed by atoms with Crippen molar-refractivity contribution in [1.29, 1.82) is 0 Å². The van der Waals surface area contributed by atoms with E-state index < -0.39 is 17.7 Å². The molecular weight excluding hydrogens is 288 g/mol. The standard InChI is InChI=1S/C13H10ClF2N3O/c14-9-3-1-2-4-11(9)18-19-13(20)17-12-6-5-8(15)7-10(12)16/h1-7,18H,(H2,17,19,20). The maximum absolute atomic E-state index is 13.3. The molecule has 0 bridgehead atoms. The van der Waals surface area contributed by atoms with E-state index in [4.69, 9.17) is 11.6 Å². The van der Waals surface area contributed by atoms with Crippen molar-refractivity contribution in [2.45, 2.75) is 0 Å². The van der Waals surface area contributed by atoms with E-state index in [0.717, 1.165) is 12.1 Å². The Morgan fingerprint density at radius 2 is 1.80 bits per heavy atom. The monoisotopic (exact) mass is 297 g/mol. The molecule has 0 heterocycles. The average molecular weight is 298 g/mol. The van der Waals surface area contributed by atoms with Crippen LogP contribution >= 0.6 is 11.6 Å². The second kappa shape index (κ2) is 6.21. The molecule has 2 rings (SSSR count). The van der Waals surface area contributed by atoms with Crippen LogP contribution in [0.5, 0.6) is 0 Å². The van der Waals surface area contributed by atoms with Gasteiger partial charge in [-0.25, -0.2) is 13.6 Å². The Morgan fingerprint density at radius 3 is 2.50 bits per heavy atom. The molecule has 0 saturated carbocycles. The van der Waals surface area contributed by atoms with Crippen molar-refractivity contribution in [3.05, 3.63) is 59.1 Å². The van der Waals surface area contributed by atoms with Crippen LogP contribution in [0.2, 0.25) is 5.02 Å². The quantitative estimate of drug-likeness (QED) is 0.755. The zero-order chi connectivity index (χ0) is 14.5. The lowest BCUT2D eigenvalue weighted by molar-refractivity contribution is 0.253. The molecule has 104 valence electrons. The average Bonchev–Trinajstić information content (AvgIpc) is 2.41. The lowest BCUT2D eigenvalue weighted by atomic mass is 10.3. The van der Waals surface area contributed by atoms with Gasteiger partial charge in [0.2, 0.25) is 0 Å². The zero-order valence-electron chi connectivity index (χ0n) is 10.1. The van der Waals surface area contributed by atoms with Gasteiger partial charge in [-0.2, -0.15) is 0 Å². The fourth-order valence-electron chi connectivity index (χ4n) is 1.43. The number of nitrogens with one attached hydrogen (secondary N) is 3. The Bertz CT molecular complexity index is 637. The summed E-state index contributed by atoms with van der Waals surface area (Å²) >= 11 is 5.87.